The van der Waals surface area contributed by atoms with Crippen molar-refractivity contribution in [2.75, 3.05) is 17.7 Å². The van der Waals surface area contributed by atoms with Gasteiger partial charge in [0.1, 0.15) is 23.0 Å². The van der Waals surface area contributed by atoms with Crippen molar-refractivity contribution in [3.05, 3.63) is 72.4 Å². The number of aryl methyl sites for hydroxylation is 1. The zero-order valence-electron chi connectivity index (χ0n) is 17.2. The van der Waals surface area contributed by atoms with Gasteiger partial charge < -0.3 is 20.7 Å². The van der Waals surface area contributed by atoms with Gasteiger partial charge in [-0.3, -0.25) is 14.5 Å². The highest BCUT2D eigenvalue weighted by atomic mass is 19.1. The fourth-order valence-electron chi connectivity index (χ4n) is 3.05. The molecule has 0 aliphatic rings. The van der Waals surface area contributed by atoms with E-state index in [0.29, 0.717) is 11.4 Å². The number of ether oxygens (including phenoxy) is 1. The first-order chi connectivity index (χ1) is 15.4. The summed E-state index contributed by atoms with van der Waals surface area (Å²) in [6.07, 6.45) is 3.11. The summed E-state index contributed by atoms with van der Waals surface area (Å²) >= 11 is 0. The molecule has 3 N–H and O–H groups in total. The maximum absolute atomic E-state index is 14.5. The lowest BCUT2D eigenvalue weighted by Crippen LogP contribution is -2.20. The number of pyridine rings is 1. The van der Waals surface area contributed by atoms with E-state index in [1.54, 1.807) is 29.1 Å². The molecule has 0 bridgehead atoms. The van der Waals surface area contributed by atoms with E-state index in [4.69, 9.17) is 4.74 Å². The molecular formula is C22H19FN6O3. The van der Waals surface area contributed by atoms with Crippen LogP contribution in [0.2, 0.25) is 0 Å². The number of urea groups is 1. The number of amides is 3. The number of rotatable bonds is 5. The Morgan fingerprint density at radius 2 is 1.84 bits per heavy atom. The Kier molecular flexibility index (Phi) is 5.67. The molecule has 0 spiro atoms. The largest absolute Gasteiger partial charge is 0.457 e. The van der Waals surface area contributed by atoms with Crippen molar-refractivity contribution >= 4 is 34.2 Å². The molecule has 0 unspecified atom stereocenters. The number of carbonyl (C=O) groups excluding carboxylic acids is 2. The number of fused-ring (bicyclic) bond motifs is 1. The third kappa shape index (κ3) is 4.48. The summed E-state index contributed by atoms with van der Waals surface area (Å²) in [5, 5.41) is 12.6. The van der Waals surface area contributed by atoms with Crippen molar-refractivity contribution in [1.82, 2.24) is 20.1 Å². The van der Waals surface area contributed by atoms with Crippen LogP contribution in [0.4, 0.5) is 20.6 Å². The maximum atomic E-state index is 14.5. The fourth-order valence-corrected chi connectivity index (χ4v) is 3.05. The van der Waals surface area contributed by atoms with Crippen LogP contribution in [-0.4, -0.2) is 33.8 Å². The number of anilines is 2. The van der Waals surface area contributed by atoms with Crippen LogP contribution >= 0.6 is 0 Å². The van der Waals surface area contributed by atoms with Crippen LogP contribution in [0.3, 0.4) is 0 Å². The minimum absolute atomic E-state index is 0.0157. The minimum atomic E-state index is -0.680. The fraction of sp³-hybridized carbons (Fsp3) is 0.0909. The number of nitrogens with zero attached hydrogens (tertiary/aromatic N) is 3. The summed E-state index contributed by atoms with van der Waals surface area (Å²) in [5.74, 6) is -0.525. The summed E-state index contributed by atoms with van der Waals surface area (Å²) in [4.78, 5) is 27.9. The number of nitrogens with one attached hydrogen (secondary N) is 3. The first kappa shape index (κ1) is 20.8. The molecule has 10 heteroatoms. The molecule has 0 fully saturated rings. The Labute approximate surface area is 182 Å². The van der Waals surface area contributed by atoms with E-state index in [0.717, 1.165) is 17.0 Å². The van der Waals surface area contributed by atoms with Gasteiger partial charge in [0.25, 0.3) is 5.91 Å². The second-order valence-electron chi connectivity index (χ2n) is 6.82. The first-order valence-electron chi connectivity index (χ1n) is 9.58. The zero-order chi connectivity index (χ0) is 22.7. The van der Waals surface area contributed by atoms with Gasteiger partial charge >= 0.3 is 6.03 Å². The van der Waals surface area contributed by atoms with Crippen molar-refractivity contribution < 1.29 is 18.7 Å². The van der Waals surface area contributed by atoms with Gasteiger partial charge in [-0.15, -0.1) is 0 Å². The molecule has 0 aliphatic heterocycles. The quantitative estimate of drug-likeness (QED) is 0.441. The topological polar surface area (TPSA) is 110 Å². The monoisotopic (exact) mass is 434 g/mol. The zero-order valence-corrected chi connectivity index (χ0v) is 17.2. The van der Waals surface area contributed by atoms with Gasteiger partial charge in [-0.1, -0.05) is 0 Å². The van der Waals surface area contributed by atoms with E-state index < -0.39 is 11.8 Å². The second-order valence-corrected chi connectivity index (χ2v) is 6.82. The molecule has 2 aromatic carbocycles. The van der Waals surface area contributed by atoms with Gasteiger partial charge in [0.2, 0.25) is 0 Å². The lowest BCUT2D eigenvalue weighted by molar-refractivity contribution is 0.0958. The van der Waals surface area contributed by atoms with Crippen molar-refractivity contribution in [2.24, 2.45) is 7.05 Å². The Balaban J connectivity index is 1.42. The van der Waals surface area contributed by atoms with Gasteiger partial charge in [0, 0.05) is 43.5 Å². The van der Waals surface area contributed by atoms with Crippen LogP contribution in [0.25, 0.3) is 10.9 Å². The maximum Gasteiger partial charge on any atom is 0.323 e. The normalized spacial score (nSPS) is 10.6. The van der Waals surface area contributed by atoms with Crippen LogP contribution in [0.15, 0.2) is 60.9 Å². The van der Waals surface area contributed by atoms with E-state index in [-0.39, 0.29) is 23.0 Å². The smallest absolute Gasteiger partial charge is 0.323 e. The molecule has 9 nitrogen and oxygen atoms in total. The molecule has 162 valence electrons. The highest BCUT2D eigenvalue weighted by Gasteiger charge is 2.11. The lowest BCUT2D eigenvalue weighted by atomic mass is 10.2. The Hall–Kier alpha value is -4.47. The number of hydrogen-bond donors (Lipinski definition) is 3. The predicted molar refractivity (Wildman–Crippen MR) is 117 cm³/mol. The number of benzene rings is 2. The van der Waals surface area contributed by atoms with Crippen LogP contribution < -0.4 is 20.7 Å². The molecule has 2 heterocycles. The predicted octanol–water partition coefficient (Wildman–Crippen LogP) is 3.90. The van der Waals surface area contributed by atoms with E-state index in [1.165, 1.54) is 31.4 Å². The van der Waals surface area contributed by atoms with Crippen molar-refractivity contribution in [3.63, 3.8) is 0 Å². The average molecular weight is 434 g/mol. The summed E-state index contributed by atoms with van der Waals surface area (Å²) in [6, 6.07) is 11.8. The summed E-state index contributed by atoms with van der Waals surface area (Å²) in [6.45, 7) is 0. The Bertz CT molecular complexity index is 1320. The van der Waals surface area contributed by atoms with E-state index in [9.17, 15) is 14.0 Å². The highest BCUT2D eigenvalue weighted by molar-refractivity contribution is 6.01. The SMILES string of the molecule is CNC(=O)c1cc(Oc2ccc(NC(=O)Nc3ccc4c(cnn4C)c3)c(F)c2)ccn1. The van der Waals surface area contributed by atoms with Gasteiger partial charge in [0.05, 0.1) is 17.4 Å². The molecule has 0 atom stereocenters. The highest BCUT2D eigenvalue weighted by Crippen LogP contribution is 2.26. The molecule has 0 saturated heterocycles. The molecular weight excluding hydrogens is 415 g/mol. The van der Waals surface area contributed by atoms with Crippen molar-refractivity contribution in [3.8, 4) is 11.5 Å². The molecule has 0 aliphatic carbocycles. The lowest BCUT2D eigenvalue weighted by Gasteiger charge is -2.11. The molecule has 32 heavy (non-hydrogen) atoms. The van der Waals surface area contributed by atoms with E-state index in [1.807, 2.05) is 13.1 Å². The van der Waals surface area contributed by atoms with E-state index >= 15 is 0 Å². The van der Waals surface area contributed by atoms with Crippen LogP contribution in [-0.2, 0) is 7.05 Å². The molecule has 4 rings (SSSR count). The number of hydrogen-bond acceptors (Lipinski definition) is 5. The molecule has 2 aromatic heterocycles. The van der Waals surface area contributed by atoms with Gasteiger partial charge in [-0.2, -0.15) is 5.10 Å². The van der Waals surface area contributed by atoms with Gasteiger partial charge in [-0.05, 0) is 36.4 Å². The summed E-state index contributed by atoms with van der Waals surface area (Å²) in [5.41, 5.74) is 1.63. The van der Waals surface area contributed by atoms with E-state index in [2.05, 4.69) is 26.0 Å². The van der Waals surface area contributed by atoms with Crippen LogP contribution in [0.5, 0.6) is 11.5 Å². The third-order valence-corrected chi connectivity index (χ3v) is 4.62. The minimum Gasteiger partial charge on any atom is -0.457 e. The van der Waals surface area contributed by atoms with Crippen molar-refractivity contribution in [1.29, 1.82) is 0 Å². The molecule has 0 radical (unpaired) electrons. The average Bonchev–Trinajstić information content (AvgIpc) is 3.15. The van der Waals surface area contributed by atoms with Gasteiger partial charge in [-0.25, -0.2) is 9.18 Å². The first-order valence-corrected chi connectivity index (χ1v) is 9.58. The Morgan fingerprint density at radius 3 is 2.62 bits per heavy atom. The summed E-state index contributed by atoms with van der Waals surface area (Å²) in [7, 11) is 3.32. The van der Waals surface area contributed by atoms with Crippen LogP contribution in [0.1, 0.15) is 10.5 Å². The molecule has 3 amide bonds. The number of aromatic nitrogens is 3. The second kappa shape index (κ2) is 8.72. The third-order valence-electron chi connectivity index (χ3n) is 4.62. The molecule has 4 aromatic rings. The van der Waals surface area contributed by atoms with Crippen molar-refractivity contribution in [2.45, 2.75) is 0 Å². The number of halogens is 1. The Morgan fingerprint density at radius 1 is 1.03 bits per heavy atom. The standard InChI is InChI=1S/C22H19FN6O3/c1-24-21(30)19-11-16(7-8-25-19)32-15-4-5-18(17(23)10-15)28-22(31)27-14-3-6-20-13(9-14)12-26-29(20)2/h3-12H,1-2H3,(H,24,30)(H2,27,28,31). The summed E-state index contributed by atoms with van der Waals surface area (Å²) < 4.78 is 21.8. The molecule has 0 saturated carbocycles. The van der Waals surface area contributed by atoms with Crippen LogP contribution in [0, 0.1) is 5.82 Å². The van der Waals surface area contributed by atoms with Gasteiger partial charge in [0.15, 0.2) is 0 Å². The number of carbonyl (C=O) groups is 2.